The molecule has 0 N–H and O–H groups in total. The molecule has 2 aliphatic heterocycles. The van der Waals surface area contributed by atoms with Crippen molar-refractivity contribution in [2.75, 3.05) is 20.0 Å². The average Bonchev–Trinajstić information content (AvgIpc) is 3.28. The number of ether oxygens (including phenoxy) is 2. The van der Waals surface area contributed by atoms with Crippen LogP contribution < -0.4 is 0 Å². The van der Waals surface area contributed by atoms with E-state index in [4.69, 9.17) is 21.7 Å². The zero-order valence-electron chi connectivity index (χ0n) is 19.9. The molecule has 3 atom stereocenters. The monoisotopic (exact) mass is 522 g/mol. The lowest BCUT2D eigenvalue weighted by molar-refractivity contribution is -0.143. The summed E-state index contributed by atoms with van der Waals surface area (Å²) >= 11 is 7.03. The summed E-state index contributed by atoms with van der Waals surface area (Å²) in [4.78, 5) is 42.2. The summed E-state index contributed by atoms with van der Waals surface area (Å²) in [5, 5.41) is 0. The molecule has 2 amide bonds. The third-order valence-electron chi connectivity index (χ3n) is 6.19. The van der Waals surface area contributed by atoms with E-state index < -0.39 is 23.9 Å². The number of carbonyl (C=O) groups excluding carboxylic acids is 3. The van der Waals surface area contributed by atoms with Crippen LogP contribution in [-0.2, 0) is 25.5 Å². The minimum Gasteiger partial charge on any atom is -0.469 e. The maximum absolute atomic E-state index is 14.1. The predicted molar refractivity (Wildman–Crippen MR) is 142 cm³/mol. The molecule has 0 bridgehead atoms. The van der Waals surface area contributed by atoms with Crippen molar-refractivity contribution in [2.24, 2.45) is 5.92 Å². The number of thioether (sulfide) groups is 1. The molecule has 36 heavy (non-hydrogen) atoms. The fourth-order valence-corrected chi connectivity index (χ4v) is 5.85. The lowest BCUT2D eigenvalue weighted by Crippen LogP contribution is -2.44. The van der Waals surface area contributed by atoms with E-state index in [0.29, 0.717) is 22.1 Å². The van der Waals surface area contributed by atoms with Crippen molar-refractivity contribution in [2.45, 2.75) is 18.4 Å². The van der Waals surface area contributed by atoms with Gasteiger partial charge in [0.1, 0.15) is 4.32 Å². The quantitative estimate of drug-likeness (QED) is 0.408. The molecule has 2 aromatic rings. The van der Waals surface area contributed by atoms with Crippen molar-refractivity contribution < 1.29 is 23.9 Å². The Hall–Kier alpha value is -3.43. The maximum atomic E-state index is 14.1. The molecule has 1 saturated heterocycles. The summed E-state index contributed by atoms with van der Waals surface area (Å²) < 4.78 is 10.5. The number of carbonyl (C=O) groups is 3. The van der Waals surface area contributed by atoms with Gasteiger partial charge in [0.15, 0.2) is 0 Å². The molecule has 7 nitrogen and oxygen atoms in total. The predicted octanol–water partition coefficient (Wildman–Crippen LogP) is 4.51. The molecule has 4 rings (SSSR count). The summed E-state index contributed by atoms with van der Waals surface area (Å²) in [5.74, 6) is -1.65. The maximum Gasteiger partial charge on any atom is 0.417 e. The van der Waals surface area contributed by atoms with Crippen LogP contribution in [0.4, 0.5) is 4.79 Å². The summed E-state index contributed by atoms with van der Waals surface area (Å²) in [6.07, 6.45) is 4.58. The molecule has 0 aliphatic carbocycles. The van der Waals surface area contributed by atoms with E-state index in [1.165, 1.54) is 43.3 Å². The van der Waals surface area contributed by atoms with Crippen LogP contribution in [0.2, 0.25) is 0 Å². The SMILES string of the molecule is COC(=O)C(c1ccccc1)[C@H]1C=CN(C(=O)OC)C=C1C(=O)N1C(=S)SC[C@@H]1Cc1ccccc1. The molecule has 2 aromatic carbocycles. The van der Waals surface area contributed by atoms with Crippen LogP contribution in [0.15, 0.2) is 84.7 Å². The Labute approximate surface area is 219 Å². The van der Waals surface area contributed by atoms with Crippen LogP contribution in [0.25, 0.3) is 0 Å². The van der Waals surface area contributed by atoms with E-state index in [1.807, 2.05) is 60.7 Å². The first-order valence-electron chi connectivity index (χ1n) is 11.4. The fourth-order valence-electron chi connectivity index (χ4n) is 4.44. The molecule has 186 valence electrons. The normalized spacial score (nSPS) is 20.1. The molecular formula is C27H26N2O5S2. The topological polar surface area (TPSA) is 76.1 Å². The number of hydrogen-bond acceptors (Lipinski definition) is 7. The summed E-state index contributed by atoms with van der Waals surface area (Å²) in [7, 11) is 2.58. The molecule has 0 radical (unpaired) electrons. The molecule has 9 heteroatoms. The van der Waals surface area contributed by atoms with Crippen molar-refractivity contribution in [1.29, 1.82) is 0 Å². The minimum absolute atomic E-state index is 0.162. The number of methoxy groups -OCH3 is 2. The Morgan fingerprint density at radius 2 is 1.69 bits per heavy atom. The highest BCUT2D eigenvalue weighted by Gasteiger charge is 2.42. The molecular weight excluding hydrogens is 496 g/mol. The minimum atomic E-state index is -0.793. The molecule has 0 spiro atoms. The summed E-state index contributed by atoms with van der Waals surface area (Å²) in [6, 6.07) is 18.9. The molecule has 0 saturated carbocycles. The molecule has 1 unspecified atom stereocenters. The first-order valence-corrected chi connectivity index (χ1v) is 12.8. The number of nitrogens with zero attached hydrogens (tertiary/aromatic N) is 2. The Morgan fingerprint density at radius 3 is 2.33 bits per heavy atom. The van der Waals surface area contributed by atoms with Gasteiger partial charge in [-0.2, -0.15) is 0 Å². The standard InChI is InChI=1S/C27H26N2O5S2/c1-33-25(31)23(19-11-7-4-8-12-19)21-13-14-28(26(32)34-2)16-22(21)24(30)29-20(17-36-27(29)35)15-18-9-5-3-6-10-18/h3-14,16,20-21,23H,15,17H2,1-2H3/t20-,21-,23?/m0/s1. The number of thiocarbonyl (C=S) groups is 1. The number of amides is 2. The number of allylic oxidation sites excluding steroid dienone is 1. The van der Waals surface area contributed by atoms with Gasteiger partial charge >= 0.3 is 12.1 Å². The van der Waals surface area contributed by atoms with E-state index in [0.717, 1.165) is 5.56 Å². The van der Waals surface area contributed by atoms with Gasteiger partial charge in [-0.1, -0.05) is 90.7 Å². The van der Waals surface area contributed by atoms with E-state index in [-0.39, 0.29) is 17.5 Å². The van der Waals surface area contributed by atoms with Crippen LogP contribution >= 0.6 is 24.0 Å². The van der Waals surface area contributed by atoms with Crippen LogP contribution in [0, 0.1) is 5.92 Å². The van der Waals surface area contributed by atoms with E-state index in [1.54, 1.807) is 11.0 Å². The van der Waals surface area contributed by atoms with Gasteiger partial charge in [0.25, 0.3) is 5.91 Å². The Kier molecular flexibility index (Phi) is 8.22. The lowest BCUT2D eigenvalue weighted by Gasteiger charge is -2.33. The summed E-state index contributed by atoms with van der Waals surface area (Å²) in [6.45, 7) is 0. The largest absolute Gasteiger partial charge is 0.469 e. The zero-order valence-corrected chi connectivity index (χ0v) is 21.5. The van der Waals surface area contributed by atoms with Gasteiger partial charge in [0.05, 0.1) is 26.2 Å². The van der Waals surface area contributed by atoms with E-state index in [2.05, 4.69) is 0 Å². The van der Waals surface area contributed by atoms with Crippen molar-refractivity contribution in [3.8, 4) is 0 Å². The van der Waals surface area contributed by atoms with Gasteiger partial charge in [-0.15, -0.1) is 0 Å². The third kappa shape index (κ3) is 5.37. The lowest BCUT2D eigenvalue weighted by atomic mass is 9.79. The Morgan fingerprint density at radius 1 is 1.03 bits per heavy atom. The molecule has 0 aromatic heterocycles. The third-order valence-corrected chi connectivity index (χ3v) is 7.74. The first kappa shape index (κ1) is 25.7. The molecule has 2 aliphatic rings. The highest BCUT2D eigenvalue weighted by Crippen LogP contribution is 2.38. The molecule has 1 fully saturated rings. The molecule has 2 heterocycles. The van der Waals surface area contributed by atoms with Crippen LogP contribution in [0.3, 0.4) is 0 Å². The second-order valence-electron chi connectivity index (χ2n) is 8.34. The Balaban J connectivity index is 1.73. The number of rotatable bonds is 6. The van der Waals surface area contributed by atoms with Gasteiger partial charge in [0.2, 0.25) is 0 Å². The summed E-state index contributed by atoms with van der Waals surface area (Å²) in [5.41, 5.74) is 2.04. The van der Waals surface area contributed by atoms with Gasteiger partial charge in [-0.3, -0.25) is 19.4 Å². The second-order valence-corrected chi connectivity index (χ2v) is 9.99. The highest BCUT2D eigenvalue weighted by molar-refractivity contribution is 8.23. The first-order chi connectivity index (χ1) is 17.4. The van der Waals surface area contributed by atoms with E-state index >= 15 is 0 Å². The van der Waals surface area contributed by atoms with Gasteiger partial charge < -0.3 is 9.47 Å². The van der Waals surface area contributed by atoms with E-state index in [9.17, 15) is 14.4 Å². The number of hydrogen-bond donors (Lipinski definition) is 0. The van der Waals surface area contributed by atoms with Crippen LogP contribution in [-0.4, -0.2) is 58.1 Å². The van der Waals surface area contributed by atoms with Crippen molar-refractivity contribution >= 4 is 46.3 Å². The number of esters is 1. The smallest absolute Gasteiger partial charge is 0.417 e. The van der Waals surface area contributed by atoms with Gasteiger partial charge in [-0.05, 0) is 17.5 Å². The van der Waals surface area contributed by atoms with Gasteiger partial charge in [0, 0.05) is 29.6 Å². The highest BCUT2D eigenvalue weighted by atomic mass is 32.2. The average molecular weight is 523 g/mol. The second kappa shape index (κ2) is 11.5. The van der Waals surface area contributed by atoms with Crippen LogP contribution in [0.5, 0.6) is 0 Å². The fraction of sp³-hybridized carbons (Fsp3) is 0.259. The number of benzene rings is 2. The Bertz CT molecular complexity index is 1200. The van der Waals surface area contributed by atoms with Gasteiger partial charge in [-0.25, -0.2) is 4.79 Å². The van der Waals surface area contributed by atoms with Crippen molar-refractivity contribution in [1.82, 2.24) is 9.80 Å². The zero-order chi connectivity index (χ0) is 25.7. The van der Waals surface area contributed by atoms with Crippen molar-refractivity contribution in [3.63, 3.8) is 0 Å². The van der Waals surface area contributed by atoms with Crippen molar-refractivity contribution in [3.05, 3.63) is 95.8 Å². The van der Waals surface area contributed by atoms with Crippen LogP contribution in [0.1, 0.15) is 17.0 Å².